The lowest BCUT2D eigenvalue weighted by molar-refractivity contribution is 0.0691. The summed E-state index contributed by atoms with van der Waals surface area (Å²) in [5.74, 6) is 0.688. The van der Waals surface area contributed by atoms with Crippen LogP contribution in [-0.2, 0) is 0 Å². The maximum Gasteiger partial charge on any atom is 0.254 e. The Hall–Kier alpha value is -2.82. The standard InChI is InChI=1S/C24H30N2O3/c1-16(2)25-23(27)19-7-9-22(10-8-19)29-15-21-6-5-11-26(21)24(28)20-13-17(3)12-18(4)14-20/h7-10,12-14,16,21H,5-6,11,15H2,1-4H3,(H,25,27). The zero-order valence-electron chi connectivity index (χ0n) is 17.7. The van der Waals surface area contributed by atoms with Gasteiger partial charge in [-0.25, -0.2) is 0 Å². The van der Waals surface area contributed by atoms with E-state index in [0.29, 0.717) is 17.9 Å². The van der Waals surface area contributed by atoms with Crippen molar-refractivity contribution < 1.29 is 14.3 Å². The van der Waals surface area contributed by atoms with Crippen molar-refractivity contribution >= 4 is 11.8 Å². The third-order valence-corrected chi connectivity index (χ3v) is 5.09. The number of amides is 2. The Morgan fingerprint density at radius 3 is 2.34 bits per heavy atom. The number of carbonyl (C=O) groups is 2. The van der Waals surface area contributed by atoms with Crippen molar-refractivity contribution in [3.8, 4) is 5.75 Å². The minimum absolute atomic E-state index is 0.0623. The van der Waals surface area contributed by atoms with Gasteiger partial charge in [0.15, 0.2) is 0 Å². The predicted octanol–water partition coefficient (Wildman–Crippen LogP) is 4.13. The summed E-state index contributed by atoms with van der Waals surface area (Å²) < 4.78 is 5.94. The SMILES string of the molecule is Cc1cc(C)cc(C(=O)N2CCCC2COc2ccc(C(=O)NC(C)C)cc2)c1. The molecular formula is C24H30N2O3. The molecule has 154 valence electrons. The molecule has 0 aromatic heterocycles. The van der Waals surface area contributed by atoms with E-state index in [0.717, 1.165) is 36.1 Å². The second kappa shape index (κ2) is 9.12. The minimum Gasteiger partial charge on any atom is -0.491 e. The van der Waals surface area contributed by atoms with Crippen molar-refractivity contribution in [3.05, 3.63) is 64.7 Å². The Morgan fingerprint density at radius 2 is 1.72 bits per heavy atom. The molecule has 1 heterocycles. The quantitative estimate of drug-likeness (QED) is 0.802. The number of hydrogen-bond donors (Lipinski definition) is 1. The first-order valence-electron chi connectivity index (χ1n) is 10.3. The fourth-order valence-corrected chi connectivity index (χ4v) is 3.78. The highest BCUT2D eigenvalue weighted by molar-refractivity contribution is 5.95. The highest BCUT2D eigenvalue weighted by atomic mass is 16.5. The molecule has 5 nitrogen and oxygen atoms in total. The number of aryl methyl sites for hydroxylation is 2. The summed E-state index contributed by atoms with van der Waals surface area (Å²) in [6, 6.07) is 13.3. The number of carbonyl (C=O) groups excluding carboxylic acids is 2. The first-order valence-corrected chi connectivity index (χ1v) is 10.3. The maximum atomic E-state index is 13.0. The number of hydrogen-bond acceptors (Lipinski definition) is 3. The fourth-order valence-electron chi connectivity index (χ4n) is 3.78. The lowest BCUT2D eigenvalue weighted by atomic mass is 10.1. The van der Waals surface area contributed by atoms with Crippen molar-refractivity contribution in [2.24, 2.45) is 0 Å². The first-order chi connectivity index (χ1) is 13.8. The second-order valence-electron chi connectivity index (χ2n) is 8.13. The van der Waals surface area contributed by atoms with E-state index < -0.39 is 0 Å². The number of benzene rings is 2. The first kappa shape index (κ1) is 20.9. The van der Waals surface area contributed by atoms with Crippen LogP contribution in [0.3, 0.4) is 0 Å². The normalized spacial score (nSPS) is 16.2. The van der Waals surface area contributed by atoms with Gasteiger partial charge >= 0.3 is 0 Å². The number of rotatable bonds is 6. The van der Waals surface area contributed by atoms with E-state index in [9.17, 15) is 9.59 Å². The zero-order valence-corrected chi connectivity index (χ0v) is 17.7. The molecule has 1 aliphatic heterocycles. The van der Waals surface area contributed by atoms with E-state index in [-0.39, 0.29) is 23.9 Å². The van der Waals surface area contributed by atoms with Crippen molar-refractivity contribution in [3.63, 3.8) is 0 Å². The molecular weight excluding hydrogens is 364 g/mol. The van der Waals surface area contributed by atoms with Gasteiger partial charge in [-0.3, -0.25) is 9.59 Å². The summed E-state index contributed by atoms with van der Waals surface area (Å²) in [7, 11) is 0. The van der Waals surface area contributed by atoms with Crippen LogP contribution < -0.4 is 10.1 Å². The van der Waals surface area contributed by atoms with Crippen LogP contribution in [0.25, 0.3) is 0 Å². The van der Waals surface area contributed by atoms with Gasteiger partial charge in [-0.2, -0.15) is 0 Å². The molecule has 0 bridgehead atoms. The summed E-state index contributed by atoms with van der Waals surface area (Å²) in [6.45, 7) is 9.10. The number of ether oxygens (including phenoxy) is 1. The Labute approximate surface area is 173 Å². The summed E-state index contributed by atoms with van der Waals surface area (Å²) in [4.78, 5) is 27.0. The molecule has 1 N–H and O–H groups in total. The molecule has 1 unspecified atom stereocenters. The van der Waals surface area contributed by atoms with Gasteiger partial charge in [0.25, 0.3) is 11.8 Å². The molecule has 1 atom stereocenters. The van der Waals surface area contributed by atoms with E-state index in [4.69, 9.17) is 4.74 Å². The highest BCUT2D eigenvalue weighted by Crippen LogP contribution is 2.23. The van der Waals surface area contributed by atoms with Crippen LogP contribution in [0.1, 0.15) is 58.5 Å². The topological polar surface area (TPSA) is 58.6 Å². The summed E-state index contributed by atoms with van der Waals surface area (Å²) in [5, 5.41) is 2.87. The largest absolute Gasteiger partial charge is 0.491 e. The van der Waals surface area contributed by atoms with Crippen molar-refractivity contribution in [1.82, 2.24) is 10.2 Å². The molecule has 0 aliphatic carbocycles. The molecule has 0 radical (unpaired) electrons. The number of nitrogens with zero attached hydrogens (tertiary/aromatic N) is 1. The smallest absolute Gasteiger partial charge is 0.254 e. The molecule has 0 saturated carbocycles. The summed E-state index contributed by atoms with van der Waals surface area (Å²) >= 11 is 0. The van der Waals surface area contributed by atoms with Gasteiger partial charge in [-0.05, 0) is 76.9 Å². The van der Waals surface area contributed by atoms with Gasteiger partial charge in [0.05, 0.1) is 6.04 Å². The fraction of sp³-hybridized carbons (Fsp3) is 0.417. The lowest BCUT2D eigenvalue weighted by Gasteiger charge is -2.25. The van der Waals surface area contributed by atoms with Crippen LogP contribution in [0.2, 0.25) is 0 Å². The van der Waals surface area contributed by atoms with Crippen molar-refractivity contribution in [2.45, 2.75) is 52.6 Å². The monoisotopic (exact) mass is 394 g/mol. The maximum absolute atomic E-state index is 13.0. The number of nitrogens with one attached hydrogen (secondary N) is 1. The lowest BCUT2D eigenvalue weighted by Crippen LogP contribution is -2.39. The molecule has 2 aromatic rings. The summed E-state index contributed by atoms with van der Waals surface area (Å²) in [6.07, 6.45) is 1.92. The van der Waals surface area contributed by atoms with Crippen LogP contribution in [0.5, 0.6) is 5.75 Å². The third kappa shape index (κ3) is 5.37. The van der Waals surface area contributed by atoms with Crippen molar-refractivity contribution in [1.29, 1.82) is 0 Å². The minimum atomic E-state index is -0.0902. The Kier molecular flexibility index (Phi) is 6.57. The van der Waals surface area contributed by atoms with E-state index in [1.165, 1.54) is 0 Å². The van der Waals surface area contributed by atoms with Gasteiger partial charge in [0.2, 0.25) is 0 Å². The molecule has 5 heteroatoms. The number of likely N-dealkylation sites (tertiary alicyclic amines) is 1. The molecule has 0 spiro atoms. The van der Waals surface area contributed by atoms with E-state index in [1.54, 1.807) is 24.3 Å². The second-order valence-corrected chi connectivity index (χ2v) is 8.13. The molecule has 1 fully saturated rings. The van der Waals surface area contributed by atoms with Gasteiger partial charge in [-0.1, -0.05) is 17.2 Å². The Morgan fingerprint density at radius 1 is 1.07 bits per heavy atom. The van der Waals surface area contributed by atoms with Gasteiger partial charge in [0, 0.05) is 23.7 Å². The van der Waals surface area contributed by atoms with E-state index in [2.05, 4.69) is 11.4 Å². The average molecular weight is 395 g/mol. The molecule has 2 aromatic carbocycles. The van der Waals surface area contributed by atoms with Crippen LogP contribution >= 0.6 is 0 Å². The molecule has 3 rings (SSSR count). The Balaban J connectivity index is 1.61. The molecule has 29 heavy (non-hydrogen) atoms. The average Bonchev–Trinajstić information content (AvgIpc) is 3.13. The molecule has 1 saturated heterocycles. The molecule has 1 aliphatic rings. The highest BCUT2D eigenvalue weighted by Gasteiger charge is 2.30. The van der Waals surface area contributed by atoms with Crippen LogP contribution in [0.4, 0.5) is 0 Å². The van der Waals surface area contributed by atoms with Crippen molar-refractivity contribution in [2.75, 3.05) is 13.2 Å². The molecule has 2 amide bonds. The van der Waals surface area contributed by atoms with Gasteiger partial charge < -0.3 is 15.0 Å². The zero-order chi connectivity index (χ0) is 21.0. The van der Waals surface area contributed by atoms with Crippen LogP contribution in [0.15, 0.2) is 42.5 Å². The predicted molar refractivity (Wildman–Crippen MR) is 115 cm³/mol. The van der Waals surface area contributed by atoms with E-state index >= 15 is 0 Å². The third-order valence-electron chi connectivity index (χ3n) is 5.09. The van der Waals surface area contributed by atoms with Gasteiger partial charge in [0.1, 0.15) is 12.4 Å². The summed E-state index contributed by atoms with van der Waals surface area (Å²) in [5.41, 5.74) is 3.55. The van der Waals surface area contributed by atoms with E-state index in [1.807, 2.05) is 44.7 Å². The van der Waals surface area contributed by atoms with Crippen LogP contribution in [0, 0.1) is 13.8 Å². The van der Waals surface area contributed by atoms with Crippen LogP contribution in [-0.4, -0.2) is 41.9 Å². The Bertz CT molecular complexity index is 854. The van der Waals surface area contributed by atoms with Gasteiger partial charge in [-0.15, -0.1) is 0 Å².